The topological polar surface area (TPSA) is 46.2 Å². The van der Waals surface area contributed by atoms with Crippen molar-refractivity contribution in [2.45, 2.75) is 138 Å². The Morgan fingerprint density at radius 3 is 2.34 bits per heavy atom. The minimum atomic E-state index is -0.0766. The number of unbranched alkanes of at least 4 members (excludes halogenated alkanes) is 2. The Balaban J connectivity index is 0.000000552. The normalized spacial score (nSPS) is 38.8. The summed E-state index contributed by atoms with van der Waals surface area (Å²) in [6.45, 7) is 15.6. The van der Waals surface area contributed by atoms with E-state index in [1.807, 2.05) is 0 Å². The first-order chi connectivity index (χ1) is 16.2. The van der Waals surface area contributed by atoms with Gasteiger partial charge in [-0.3, -0.25) is 0 Å². The van der Waals surface area contributed by atoms with Crippen molar-refractivity contribution in [3.05, 3.63) is 11.6 Å². The molecule has 0 heterocycles. The maximum Gasteiger partial charge on any atom is 0.0577 e. The third kappa shape index (κ3) is 6.95. The van der Waals surface area contributed by atoms with Gasteiger partial charge in [-0.25, -0.2) is 0 Å². The van der Waals surface area contributed by atoms with Gasteiger partial charge < -0.3 is 10.8 Å². The molecule has 0 bridgehead atoms. The van der Waals surface area contributed by atoms with Crippen LogP contribution in [0.15, 0.2) is 11.6 Å². The third-order valence-electron chi connectivity index (χ3n) is 11.1. The monoisotopic (exact) mass is 507 g/mol. The van der Waals surface area contributed by atoms with Crippen molar-refractivity contribution in [1.29, 1.82) is 0 Å². The average molecular weight is 508 g/mol. The Bertz CT molecular complexity index is 658. The molecule has 4 aliphatic rings. The van der Waals surface area contributed by atoms with Crippen molar-refractivity contribution in [2.24, 2.45) is 52.1 Å². The maximum absolute atomic E-state index is 10.2. The van der Waals surface area contributed by atoms with Gasteiger partial charge in [0.25, 0.3) is 0 Å². The Morgan fingerprint density at radius 1 is 0.971 bits per heavy atom. The molecule has 9 atom stereocenters. The second kappa shape index (κ2) is 13.8. The highest BCUT2D eigenvalue weighted by molar-refractivity contribution is 6.92. The molecule has 4 rings (SSSR count). The summed E-state index contributed by atoms with van der Waals surface area (Å²) in [6.07, 6.45) is 20.9. The Kier molecular flexibility index (Phi) is 12.3. The number of fused-ring (bicyclic) bond motifs is 5. The number of aliphatic hydroxyl groups is 1. The highest BCUT2D eigenvalue weighted by Crippen LogP contribution is 2.67. The van der Waals surface area contributed by atoms with Crippen molar-refractivity contribution < 1.29 is 5.11 Å². The minimum Gasteiger partial charge on any atom is -0.393 e. The van der Waals surface area contributed by atoms with Crippen LogP contribution in [0.25, 0.3) is 0 Å². The maximum atomic E-state index is 10.2. The van der Waals surface area contributed by atoms with Gasteiger partial charge >= 0.3 is 0 Å². The van der Waals surface area contributed by atoms with Crippen LogP contribution < -0.4 is 5.73 Å². The minimum absolute atomic E-state index is 0. The van der Waals surface area contributed by atoms with Crippen LogP contribution in [0, 0.1) is 46.3 Å². The molecule has 0 amide bonds. The lowest BCUT2D eigenvalue weighted by Gasteiger charge is -2.58. The summed E-state index contributed by atoms with van der Waals surface area (Å²) < 4.78 is 0. The van der Waals surface area contributed by atoms with Crippen LogP contribution in [0.2, 0.25) is 0 Å². The molecule has 4 aliphatic carbocycles. The van der Waals surface area contributed by atoms with Crippen molar-refractivity contribution in [2.75, 3.05) is 6.54 Å². The molecule has 0 aromatic heterocycles. The molecule has 3 saturated carbocycles. The van der Waals surface area contributed by atoms with Gasteiger partial charge in [-0.05, 0) is 111 Å². The largest absolute Gasteiger partial charge is 0.393 e. The summed E-state index contributed by atoms with van der Waals surface area (Å²) in [7, 11) is 0. The number of nitrogens with two attached hydrogens (primary N) is 1. The van der Waals surface area contributed by atoms with E-state index < -0.39 is 0 Å². The van der Waals surface area contributed by atoms with E-state index in [0.29, 0.717) is 10.8 Å². The quantitative estimate of drug-likeness (QED) is 0.196. The van der Waals surface area contributed by atoms with E-state index in [1.165, 1.54) is 77.0 Å². The van der Waals surface area contributed by atoms with Gasteiger partial charge in [0.15, 0.2) is 0 Å². The van der Waals surface area contributed by atoms with E-state index in [9.17, 15) is 5.11 Å². The zero-order chi connectivity index (χ0) is 24.9. The van der Waals surface area contributed by atoms with E-state index in [0.717, 1.165) is 54.9 Å². The van der Waals surface area contributed by atoms with Gasteiger partial charge in [-0.15, -0.1) is 0 Å². The fourth-order valence-corrected chi connectivity index (χ4v) is 9.06. The first kappa shape index (κ1) is 31.3. The Morgan fingerprint density at radius 2 is 1.71 bits per heavy atom. The van der Waals surface area contributed by atoms with Crippen LogP contribution >= 0.6 is 9.90 Å². The highest BCUT2D eigenvalue weighted by Gasteiger charge is 2.59. The zero-order valence-corrected chi connectivity index (χ0v) is 25.9. The molecule has 35 heavy (non-hydrogen) atoms. The molecule has 2 unspecified atom stereocenters. The first-order valence-electron chi connectivity index (χ1n) is 15.2. The fraction of sp³-hybridized carbons (Fsp3) is 0.938. The van der Waals surface area contributed by atoms with Gasteiger partial charge in [0.2, 0.25) is 0 Å². The molecule has 0 aromatic rings. The first-order valence-corrected chi connectivity index (χ1v) is 15.2. The number of hydrogen-bond acceptors (Lipinski definition) is 2. The summed E-state index contributed by atoms with van der Waals surface area (Å²) in [5.74, 6) is 5.46. The van der Waals surface area contributed by atoms with Crippen molar-refractivity contribution in [3.63, 3.8) is 0 Å². The number of aliphatic hydroxyl groups excluding tert-OH is 1. The molecular formula is C32H62NOP. The zero-order valence-electron chi connectivity index (χ0n) is 24.5. The van der Waals surface area contributed by atoms with Crippen LogP contribution in [0.1, 0.15) is 131 Å². The standard InChI is InChI=1S/C27H46O.C5H13N.H3P/c1-18(2)7-6-8-19(3)23-11-12-24-22-10-9-20-17-21(28)13-15-26(20,4)25(22)14-16-27(23,24)5;1-2-3-4-5-6;/h9,18-19,21-25,28H,6-8,10-17H2,1-5H3;2-6H2,1H3;1H3/t19?,21-,22-,23+,24-,25-,26-,27+;;/m0../s1. The highest BCUT2D eigenvalue weighted by atomic mass is 31.0. The fourth-order valence-electron chi connectivity index (χ4n) is 9.06. The van der Waals surface area contributed by atoms with E-state index in [1.54, 1.807) is 5.57 Å². The number of rotatable bonds is 8. The Labute approximate surface area is 222 Å². The smallest absolute Gasteiger partial charge is 0.0577 e. The van der Waals surface area contributed by atoms with Gasteiger partial charge in [0.1, 0.15) is 0 Å². The van der Waals surface area contributed by atoms with E-state index >= 15 is 0 Å². The van der Waals surface area contributed by atoms with Crippen LogP contribution in [0.3, 0.4) is 0 Å². The van der Waals surface area contributed by atoms with Crippen LogP contribution in [-0.4, -0.2) is 17.8 Å². The van der Waals surface area contributed by atoms with Gasteiger partial charge in [0, 0.05) is 0 Å². The summed E-state index contributed by atoms with van der Waals surface area (Å²) in [4.78, 5) is 0. The third-order valence-corrected chi connectivity index (χ3v) is 11.1. The molecule has 0 aromatic carbocycles. The van der Waals surface area contributed by atoms with E-state index in [4.69, 9.17) is 5.73 Å². The lowest BCUT2D eigenvalue weighted by Crippen LogP contribution is -2.50. The van der Waals surface area contributed by atoms with E-state index in [2.05, 4.69) is 47.6 Å². The van der Waals surface area contributed by atoms with Crippen molar-refractivity contribution in [1.82, 2.24) is 0 Å². The molecular weight excluding hydrogens is 445 g/mol. The second-order valence-electron chi connectivity index (χ2n) is 13.7. The van der Waals surface area contributed by atoms with Crippen molar-refractivity contribution in [3.8, 4) is 0 Å². The SMILES string of the molecule is CC(C)CCCC(C)[C@H]1CC[C@H]2[C@@H]3CC=C4C[C@@H](O)CC[C@]4(C)[C@H]3CC[C@]12C.CCCCCN.P. The van der Waals surface area contributed by atoms with Crippen LogP contribution in [0.5, 0.6) is 0 Å². The lowest BCUT2D eigenvalue weighted by molar-refractivity contribution is -0.0573. The molecule has 2 nitrogen and oxygen atoms in total. The predicted molar refractivity (Wildman–Crippen MR) is 159 cm³/mol. The van der Waals surface area contributed by atoms with Crippen LogP contribution in [-0.2, 0) is 0 Å². The molecule has 0 radical (unpaired) electrons. The number of hydrogen-bond donors (Lipinski definition) is 2. The molecule has 3 heteroatoms. The summed E-state index contributed by atoms with van der Waals surface area (Å²) in [6, 6.07) is 0. The number of allylic oxidation sites excluding steroid dienone is 1. The molecule has 3 N–H and O–H groups in total. The predicted octanol–water partition coefficient (Wildman–Crippen LogP) is 8.58. The molecule has 0 aliphatic heterocycles. The molecule has 0 spiro atoms. The summed E-state index contributed by atoms with van der Waals surface area (Å²) in [5, 5.41) is 10.2. The average Bonchev–Trinajstić information content (AvgIpc) is 3.15. The lowest BCUT2D eigenvalue weighted by atomic mass is 9.47. The summed E-state index contributed by atoms with van der Waals surface area (Å²) >= 11 is 0. The molecule has 3 fully saturated rings. The van der Waals surface area contributed by atoms with Gasteiger partial charge in [-0.1, -0.05) is 85.3 Å². The van der Waals surface area contributed by atoms with E-state index in [-0.39, 0.29) is 16.0 Å². The second-order valence-corrected chi connectivity index (χ2v) is 13.7. The molecule has 0 saturated heterocycles. The van der Waals surface area contributed by atoms with Gasteiger partial charge in [-0.2, -0.15) is 9.90 Å². The van der Waals surface area contributed by atoms with Gasteiger partial charge in [0.05, 0.1) is 6.10 Å². The van der Waals surface area contributed by atoms with Crippen LogP contribution in [0.4, 0.5) is 0 Å². The molecule has 206 valence electrons. The Hall–Kier alpha value is 0.0900. The van der Waals surface area contributed by atoms with Crippen molar-refractivity contribution >= 4 is 9.90 Å². The summed E-state index contributed by atoms with van der Waals surface area (Å²) in [5.41, 5.74) is 7.82.